The lowest BCUT2D eigenvalue weighted by Crippen LogP contribution is -2.32. The average Bonchev–Trinajstić information content (AvgIpc) is 3.20. The first-order chi connectivity index (χ1) is 14.5. The number of rotatable bonds is 3. The molecule has 0 radical (unpaired) electrons. The van der Waals surface area contributed by atoms with Crippen LogP contribution in [-0.4, -0.2) is 35.5 Å². The third-order valence-corrected chi connectivity index (χ3v) is 5.13. The number of hydrogen-bond acceptors (Lipinski definition) is 5. The molecular formula is C23H21ClN2O5. The van der Waals surface area contributed by atoms with Gasteiger partial charge in [0.05, 0.1) is 22.7 Å². The Bertz CT molecular complexity index is 1240. The number of halogens is 1. The van der Waals surface area contributed by atoms with Crippen LogP contribution in [-0.2, 0) is 11.3 Å². The van der Waals surface area contributed by atoms with Crippen molar-refractivity contribution in [2.45, 2.75) is 32.9 Å². The van der Waals surface area contributed by atoms with Gasteiger partial charge in [-0.3, -0.25) is 14.5 Å². The van der Waals surface area contributed by atoms with Crippen LogP contribution in [0.15, 0.2) is 40.8 Å². The highest BCUT2D eigenvalue weighted by Crippen LogP contribution is 2.34. The van der Waals surface area contributed by atoms with Crippen molar-refractivity contribution < 1.29 is 23.5 Å². The lowest BCUT2D eigenvalue weighted by atomic mass is 9.99. The zero-order valence-electron chi connectivity index (χ0n) is 17.5. The summed E-state index contributed by atoms with van der Waals surface area (Å²) in [4.78, 5) is 37.4. The number of hydrogen-bond donors (Lipinski definition) is 1. The van der Waals surface area contributed by atoms with Gasteiger partial charge in [0.2, 0.25) is 0 Å². The van der Waals surface area contributed by atoms with E-state index in [1.807, 2.05) is 6.07 Å². The summed E-state index contributed by atoms with van der Waals surface area (Å²) in [5.74, 6) is -0.110. The van der Waals surface area contributed by atoms with Gasteiger partial charge in [0, 0.05) is 12.4 Å². The van der Waals surface area contributed by atoms with Gasteiger partial charge in [0.25, 0.3) is 11.8 Å². The van der Waals surface area contributed by atoms with Crippen molar-refractivity contribution >= 4 is 40.5 Å². The summed E-state index contributed by atoms with van der Waals surface area (Å²) < 4.78 is 11.0. The highest BCUT2D eigenvalue weighted by Gasteiger charge is 2.32. The van der Waals surface area contributed by atoms with Crippen LogP contribution >= 0.6 is 11.6 Å². The maximum Gasteiger partial charge on any atom is 0.408 e. The normalized spacial score (nSPS) is 13.6. The summed E-state index contributed by atoms with van der Waals surface area (Å²) in [6.07, 6.45) is -0.540. The van der Waals surface area contributed by atoms with Crippen molar-refractivity contribution in [3.63, 3.8) is 0 Å². The number of imide groups is 1. The highest BCUT2D eigenvalue weighted by atomic mass is 35.5. The summed E-state index contributed by atoms with van der Waals surface area (Å²) in [6.45, 7) is 5.51. The first-order valence-corrected chi connectivity index (χ1v) is 10.1. The summed E-state index contributed by atoms with van der Waals surface area (Å²) in [7, 11) is 1.46. The average molecular weight is 441 g/mol. The molecule has 2 aromatic carbocycles. The number of carbonyl (C=O) groups is 3. The Morgan fingerprint density at radius 3 is 2.48 bits per heavy atom. The second-order valence-electron chi connectivity index (χ2n) is 8.37. The third-order valence-electron chi connectivity index (χ3n) is 4.85. The van der Waals surface area contributed by atoms with Crippen LogP contribution in [0.25, 0.3) is 22.1 Å². The van der Waals surface area contributed by atoms with Gasteiger partial charge in [-0.25, -0.2) is 4.79 Å². The van der Waals surface area contributed by atoms with Crippen molar-refractivity contribution in [3.05, 3.63) is 58.3 Å². The van der Waals surface area contributed by atoms with Crippen LogP contribution in [0.5, 0.6) is 0 Å². The van der Waals surface area contributed by atoms with Crippen LogP contribution < -0.4 is 5.32 Å². The van der Waals surface area contributed by atoms with Crippen molar-refractivity contribution in [2.75, 3.05) is 7.05 Å². The molecule has 0 unspecified atom stereocenters. The molecule has 8 heteroatoms. The van der Waals surface area contributed by atoms with Crippen LogP contribution in [0, 0.1) is 0 Å². The quantitative estimate of drug-likeness (QED) is 0.578. The molecule has 1 aliphatic rings. The van der Waals surface area contributed by atoms with Crippen molar-refractivity contribution in [3.8, 4) is 11.1 Å². The predicted molar refractivity (Wildman–Crippen MR) is 116 cm³/mol. The number of fused-ring (bicyclic) bond motifs is 2. The molecule has 0 bridgehead atoms. The van der Waals surface area contributed by atoms with Crippen LogP contribution in [0.1, 0.15) is 47.2 Å². The first kappa shape index (κ1) is 20.9. The van der Waals surface area contributed by atoms with Crippen LogP contribution in [0.4, 0.5) is 4.79 Å². The molecule has 0 saturated carbocycles. The molecule has 3 amide bonds. The third kappa shape index (κ3) is 4.01. The SMILES string of the molecule is CN1C(=O)c2ccc(-c3cc(Cl)c4oc(CNC(=O)OC(C)(C)C)cc4c3)cc2C1=O. The van der Waals surface area contributed by atoms with E-state index in [0.717, 1.165) is 21.4 Å². The minimum Gasteiger partial charge on any atom is -0.458 e. The molecule has 1 aromatic heterocycles. The fourth-order valence-electron chi connectivity index (χ4n) is 3.43. The number of amides is 3. The van der Waals surface area contributed by atoms with E-state index in [-0.39, 0.29) is 18.4 Å². The highest BCUT2D eigenvalue weighted by molar-refractivity contribution is 6.35. The number of benzene rings is 2. The zero-order valence-corrected chi connectivity index (χ0v) is 18.3. The van der Waals surface area contributed by atoms with Gasteiger partial charge in [0.15, 0.2) is 5.58 Å². The molecule has 2 heterocycles. The maximum atomic E-state index is 12.3. The molecular weight excluding hydrogens is 420 g/mol. The molecule has 3 aromatic rings. The second-order valence-corrected chi connectivity index (χ2v) is 8.78. The first-order valence-electron chi connectivity index (χ1n) is 9.69. The van der Waals surface area contributed by atoms with E-state index in [0.29, 0.717) is 27.5 Å². The molecule has 31 heavy (non-hydrogen) atoms. The largest absolute Gasteiger partial charge is 0.458 e. The van der Waals surface area contributed by atoms with Gasteiger partial charge in [-0.2, -0.15) is 0 Å². The van der Waals surface area contributed by atoms with E-state index < -0.39 is 11.7 Å². The molecule has 1 N–H and O–H groups in total. The number of nitrogens with zero attached hydrogens (tertiary/aromatic N) is 1. The molecule has 0 spiro atoms. The van der Waals surface area contributed by atoms with E-state index in [2.05, 4.69) is 5.32 Å². The monoisotopic (exact) mass is 440 g/mol. The summed E-state index contributed by atoms with van der Waals surface area (Å²) in [6, 6.07) is 10.5. The van der Waals surface area contributed by atoms with Gasteiger partial charge < -0.3 is 14.5 Å². The van der Waals surface area contributed by atoms with E-state index in [1.54, 1.807) is 51.1 Å². The molecule has 7 nitrogen and oxygen atoms in total. The van der Waals surface area contributed by atoms with Gasteiger partial charge in [-0.05, 0) is 62.2 Å². The van der Waals surface area contributed by atoms with Gasteiger partial charge >= 0.3 is 6.09 Å². The van der Waals surface area contributed by atoms with Crippen molar-refractivity contribution in [1.29, 1.82) is 0 Å². The minimum absolute atomic E-state index is 0.150. The maximum absolute atomic E-state index is 12.3. The van der Waals surface area contributed by atoms with E-state index in [9.17, 15) is 14.4 Å². The molecule has 1 aliphatic heterocycles. The van der Waals surface area contributed by atoms with Gasteiger partial charge in [-0.1, -0.05) is 17.7 Å². The number of furan rings is 1. The zero-order chi connectivity index (χ0) is 22.5. The fourth-order valence-corrected chi connectivity index (χ4v) is 3.70. The van der Waals surface area contributed by atoms with Crippen molar-refractivity contribution in [2.24, 2.45) is 0 Å². The summed E-state index contributed by atoms with van der Waals surface area (Å²) >= 11 is 6.43. The Morgan fingerprint density at radius 2 is 1.77 bits per heavy atom. The Labute approximate surface area is 183 Å². The molecule has 0 saturated heterocycles. The molecule has 0 aliphatic carbocycles. The smallest absolute Gasteiger partial charge is 0.408 e. The van der Waals surface area contributed by atoms with E-state index in [1.165, 1.54) is 7.05 Å². The van der Waals surface area contributed by atoms with Gasteiger partial charge in [0.1, 0.15) is 11.4 Å². The van der Waals surface area contributed by atoms with Crippen LogP contribution in [0.2, 0.25) is 5.02 Å². The van der Waals surface area contributed by atoms with Crippen LogP contribution in [0.3, 0.4) is 0 Å². The fraction of sp³-hybridized carbons (Fsp3) is 0.261. The Morgan fingerprint density at radius 1 is 1.06 bits per heavy atom. The molecule has 0 atom stereocenters. The van der Waals surface area contributed by atoms with Crippen molar-refractivity contribution in [1.82, 2.24) is 10.2 Å². The molecule has 160 valence electrons. The topological polar surface area (TPSA) is 88.8 Å². The number of ether oxygens (including phenoxy) is 1. The Kier molecular flexibility index (Phi) is 5.01. The van der Waals surface area contributed by atoms with E-state index >= 15 is 0 Å². The van der Waals surface area contributed by atoms with Gasteiger partial charge in [-0.15, -0.1) is 0 Å². The Hall–Kier alpha value is -3.32. The van der Waals surface area contributed by atoms with E-state index in [4.69, 9.17) is 20.8 Å². The lowest BCUT2D eigenvalue weighted by Gasteiger charge is -2.19. The summed E-state index contributed by atoms with van der Waals surface area (Å²) in [5.41, 5.74) is 2.21. The summed E-state index contributed by atoms with van der Waals surface area (Å²) in [5, 5.41) is 3.80. The molecule has 4 rings (SSSR count). The lowest BCUT2D eigenvalue weighted by molar-refractivity contribution is 0.0519. The number of carbonyl (C=O) groups excluding carboxylic acids is 3. The molecule has 0 fully saturated rings. The minimum atomic E-state index is -0.590. The number of alkyl carbamates (subject to hydrolysis) is 1. The number of nitrogens with one attached hydrogen (secondary N) is 1. The second kappa shape index (κ2) is 7.42. The predicted octanol–water partition coefficient (Wildman–Crippen LogP) is 5.00. The Balaban J connectivity index is 1.61. The standard InChI is InChI=1S/C23H21ClN2O5/c1-23(2,3)31-22(29)25-11-15-8-14-7-13(10-18(24)19(14)30-15)12-5-6-16-17(9-12)21(28)26(4)20(16)27/h5-10H,11H2,1-4H3,(H,25,29).